The van der Waals surface area contributed by atoms with Gasteiger partial charge in [0, 0.05) is 6.42 Å². The van der Waals surface area contributed by atoms with Crippen LogP contribution < -0.4 is 10.5 Å². The molecule has 1 aromatic carbocycles. The van der Waals surface area contributed by atoms with Crippen molar-refractivity contribution in [1.82, 2.24) is 0 Å². The third-order valence-corrected chi connectivity index (χ3v) is 1.61. The highest BCUT2D eigenvalue weighted by Crippen LogP contribution is 2.18. The normalized spacial score (nSPS) is 9.69. The lowest BCUT2D eigenvalue weighted by Crippen LogP contribution is -2.12. The van der Waals surface area contributed by atoms with E-state index in [4.69, 9.17) is 15.9 Å². The molecule has 4 heteroatoms. The molecule has 0 heterocycles. The van der Waals surface area contributed by atoms with Crippen LogP contribution in [0.3, 0.4) is 0 Å². The molecule has 0 fully saturated rings. The Balaban J connectivity index is 2.92. The monoisotopic (exact) mass is 182 g/mol. The molecule has 0 spiro atoms. The fourth-order valence-electron chi connectivity index (χ4n) is 1.03. The van der Waals surface area contributed by atoms with Crippen LogP contribution in [-0.2, 0) is 6.42 Å². The highest BCUT2D eigenvalue weighted by atomic mass is 19.1. The molecule has 3 nitrogen and oxygen atoms in total. The van der Waals surface area contributed by atoms with Crippen molar-refractivity contribution in [3.8, 4) is 5.75 Å². The Bertz CT molecular complexity index is 325. The van der Waals surface area contributed by atoms with Gasteiger partial charge in [0.05, 0.1) is 12.9 Å². The summed E-state index contributed by atoms with van der Waals surface area (Å²) in [6.07, 6.45) is 0.316. The molecule has 13 heavy (non-hydrogen) atoms. The maximum atomic E-state index is 12.9. The Hall–Kier alpha value is -1.58. The van der Waals surface area contributed by atoms with Crippen LogP contribution in [0.4, 0.5) is 4.39 Å². The molecule has 1 aromatic rings. The van der Waals surface area contributed by atoms with Gasteiger partial charge in [0.2, 0.25) is 0 Å². The summed E-state index contributed by atoms with van der Waals surface area (Å²) in [6.45, 7) is 0. The third kappa shape index (κ3) is 2.43. The lowest BCUT2D eigenvalue weighted by Gasteiger charge is -2.04. The quantitative estimate of drug-likeness (QED) is 0.547. The minimum atomic E-state index is -0.408. The smallest absolute Gasteiger partial charge is 0.165 e. The van der Waals surface area contributed by atoms with Crippen molar-refractivity contribution in [2.75, 3.05) is 7.11 Å². The standard InChI is InChI=1S/C9H11FN2O/c1-13-8-4-6(5-9(11)12)2-3-7(8)10/h2-4H,5H2,1H3,(H3,11,12). The number of methoxy groups -OCH3 is 1. The first-order chi connectivity index (χ1) is 6.13. The van der Waals surface area contributed by atoms with Gasteiger partial charge in [0.15, 0.2) is 11.6 Å². The van der Waals surface area contributed by atoms with Crippen LogP contribution in [0, 0.1) is 11.2 Å². The fraction of sp³-hybridized carbons (Fsp3) is 0.222. The van der Waals surface area contributed by atoms with Gasteiger partial charge in [-0.2, -0.15) is 0 Å². The first kappa shape index (κ1) is 9.51. The van der Waals surface area contributed by atoms with Gasteiger partial charge in [-0.3, -0.25) is 5.41 Å². The Morgan fingerprint density at radius 3 is 2.85 bits per heavy atom. The van der Waals surface area contributed by atoms with Gasteiger partial charge in [-0.05, 0) is 17.7 Å². The van der Waals surface area contributed by atoms with Crippen LogP contribution in [0.5, 0.6) is 5.75 Å². The summed E-state index contributed by atoms with van der Waals surface area (Å²) in [5.74, 6) is -0.179. The van der Waals surface area contributed by atoms with Crippen LogP contribution in [0.2, 0.25) is 0 Å². The van der Waals surface area contributed by atoms with E-state index < -0.39 is 5.82 Å². The van der Waals surface area contributed by atoms with Crippen molar-refractivity contribution in [2.45, 2.75) is 6.42 Å². The van der Waals surface area contributed by atoms with E-state index in [-0.39, 0.29) is 11.6 Å². The third-order valence-electron chi connectivity index (χ3n) is 1.61. The van der Waals surface area contributed by atoms with Crippen LogP contribution in [-0.4, -0.2) is 12.9 Å². The van der Waals surface area contributed by atoms with Crippen molar-refractivity contribution < 1.29 is 9.13 Å². The first-order valence-corrected chi connectivity index (χ1v) is 3.79. The Kier molecular flexibility index (Phi) is 2.84. The molecule has 0 bridgehead atoms. The zero-order valence-electron chi connectivity index (χ0n) is 7.30. The molecule has 0 aliphatic heterocycles. The van der Waals surface area contributed by atoms with E-state index in [1.165, 1.54) is 19.2 Å². The predicted octanol–water partition coefficient (Wildman–Crippen LogP) is 1.31. The SMILES string of the molecule is COc1cc(CC(=N)N)ccc1F. The van der Waals surface area contributed by atoms with E-state index in [0.29, 0.717) is 6.42 Å². The van der Waals surface area contributed by atoms with E-state index in [0.717, 1.165) is 5.56 Å². The Morgan fingerprint density at radius 2 is 2.31 bits per heavy atom. The molecule has 0 saturated heterocycles. The summed E-state index contributed by atoms with van der Waals surface area (Å²) in [5, 5.41) is 7.06. The number of nitrogens with one attached hydrogen (secondary N) is 1. The molecule has 0 aromatic heterocycles. The number of benzene rings is 1. The van der Waals surface area contributed by atoms with E-state index in [1.54, 1.807) is 6.07 Å². The summed E-state index contributed by atoms with van der Waals surface area (Å²) < 4.78 is 17.7. The topological polar surface area (TPSA) is 59.1 Å². The number of hydrogen-bond donors (Lipinski definition) is 2. The molecule has 0 amide bonds. The summed E-state index contributed by atoms with van der Waals surface area (Å²) in [7, 11) is 1.40. The van der Waals surface area contributed by atoms with Gasteiger partial charge in [-0.15, -0.1) is 0 Å². The molecule has 70 valence electrons. The average Bonchev–Trinajstić information content (AvgIpc) is 2.07. The van der Waals surface area contributed by atoms with Gasteiger partial charge in [0.25, 0.3) is 0 Å². The van der Waals surface area contributed by atoms with Crippen LogP contribution >= 0.6 is 0 Å². The van der Waals surface area contributed by atoms with E-state index >= 15 is 0 Å². The predicted molar refractivity (Wildman–Crippen MR) is 48.6 cm³/mol. The summed E-state index contributed by atoms with van der Waals surface area (Å²) in [4.78, 5) is 0. The van der Waals surface area contributed by atoms with E-state index in [9.17, 15) is 4.39 Å². The maximum absolute atomic E-state index is 12.9. The minimum Gasteiger partial charge on any atom is -0.494 e. The molecular formula is C9H11FN2O. The van der Waals surface area contributed by atoms with Crippen molar-refractivity contribution >= 4 is 5.84 Å². The van der Waals surface area contributed by atoms with E-state index in [1.807, 2.05) is 0 Å². The van der Waals surface area contributed by atoms with Gasteiger partial charge in [-0.1, -0.05) is 6.07 Å². The molecule has 0 saturated carbocycles. The molecule has 0 aliphatic rings. The number of ether oxygens (including phenoxy) is 1. The molecule has 0 atom stereocenters. The van der Waals surface area contributed by atoms with Gasteiger partial charge in [0.1, 0.15) is 0 Å². The molecule has 3 N–H and O–H groups in total. The summed E-state index contributed by atoms with van der Waals surface area (Å²) in [5.41, 5.74) is 5.97. The Morgan fingerprint density at radius 1 is 1.62 bits per heavy atom. The number of rotatable bonds is 3. The minimum absolute atomic E-state index is 0.0497. The average molecular weight is 182 g/mol. The zero-order chi connectivity index (χ0) is 9.84. The highest BCUT2D eigenvalue weighted by Gasteiger charge is 2.03. The second kappa shape index (κ2) is 3.89. The first-order valence-electron chi connectivity index (χ1n) is 3.79. The van der Waals surface area contributed by atoms with Crippen LogP contribution in [0.25, 0.3) is 0 Å². The highest BCUT2D eigenvalue weighted by molar-refractivity contribution is 5.79. The molecule has 1 rings (SSSR count). The van der Waals surface area contributed by atoms with Crippen LogP contribution in [0.1, 0.15) is 5.56 Å². The number of amidine groups is 1. The van der Waals surface area contributed by atoms with Crippen molar-refractivity contribution in [1.29, 1.82) is 5.41 Å². The van der Waals surface area contributed by atoms with Gasteiger partial charge in [-0.25, -0.2) is 4.39 Å². The lowest BCUT2D eigenvalue weighted by atomic mass is 10.1. The number of halogens is 1. The van der Waals surface area contributed by atoms with Crippen molar-refractivity contribution in [3.63, 3.8) is 0 Å². The molecular weight excluding hydrogens is 171 g/mol. The van der Waals surface area contributed by atoms with Crippen molar-refractivity contribution in [3.05, 3.63) is 29.6 Å². The Labute approximate surface area is 75.8 Å². The van der Waals surface area contributed by atoms with Gasteiger partial charge < -0.3 is 10.5 Å². The van der Waals surface area contributed by atoms with E-state index in [2.05, 4.69) is 0 Å². The fourth-order valence-corrected chi connectivity index (χ4v) is 1.03. The zero-order valence-corrected chi connectivity index (χ0v) is 7.30. The summed E-state index contributed by atoms with van der Waals surface area (Å²) in [6, 6.07) is 4.42. The summed E-state index contributed by atoms with van der Waals surface area (Å²) >= 11 is 0. The lowest BCUT2D eigenvalue weighted by molar-refractivity contribution is 0.386. The van der Waals surface area contributed by atoms with Gasteiger partial charge >= 0.3 is 0 Å². The van der Waals surface area contributed by atoms with Crippen LogP contribution in [0.15, 0.2) is 18.2 Å². The number of hydrogen-bond acceptors (Lipinski definition) is 2. The second-order valence-electron chi connectivity index (χ2n) is 2.67. The number of nitrogens with two attached hydrogens (primary N) is 1. The molecule has 0 aliphatic carbocycles. The molecule has 0 unspecified atom stereocenters. The largest absolute Gasteiger partial charge is 0.494 e. The van der Waals surface area contributed by atoms with Crippen molar-refractivity contribution in [2.24, 2.45) is 5.73 Å². The second-order valence-corrected chi connectivity index (χ2v) is 2.67. The molecule has 0 radical (unpaired) electrons. The maximum Gasteiger partial charge on any atom is 0.165 e.